The highest BCUT2D eigenvalue weighted by Crippen LogP contribution is 2.20. The van der Waals surface area contributed by atoms with Crippen LogP contribution in [0.2, 0.25) is 0 Å². The van der Waals surface area contributed by atoms with Gasteiger partial charge in [0.1, 0.15) is 0 Å². The van der Waals surface area contributed by atoms with Crippen LogP contribution < -0.4 is 5.32 Å². The van der Waals surface area contributed by atoms with Gasteiger partial charge in [0.25, 0.3) is 0 Å². The molecule has 1 aliphatic rings. The molecule has 1 saturated carbocycles. The summed E-state index contributed by atoms with van der Waals surface area (Å²) in [6.07, 6.45) is 8.16. The lowest BCUT2D eigenvalue weighted by molar-refractivity contribution is 0.0587. The van der Waals surface area contributed by atoms with E-state index in [0.29, 0.717) is 6.10 Å². The monoisotopic (exact) mass is 229 g/mol. The van der Waals surface area contributed by atoms with Crippen molar-refractivity contribution in [2.24, 2.45) is 0 Å². The van der Waals surface area contributed by atoms with Gasteiger partial charge in [0, 0.05) is 19.7 Å². The number of unbranched alkanes of at least 4 members (excludes halogenated alkanes) is 1. The number of nitrogens with one attached hydrogen (secondary N) is 1. The van der Waals surface area contributed by atoms with E-state index in [2.05, 4.69) is 12.2 Å². The third kappa shape index (κ3) is 7.20. The standard InChI is InChI=1S/C13H27NO2/c1-2-3-10-15-11-8-14-9-12-16-13-6-4-5-7-13/h13-14H,2-12H2,1H3. The molecule has 0 aliphatic heterocycles. The molecule has 3 heteroatoms. The van der Waals surface area contributed by atoms with Crippen molar-refractivity contribution in [3.63, 3.8) is 0 Å². The van der Waals surface area contributed by atoms with Gasteiger partial charge in [-0.15, -0.1) is 0 Å². The van der Waals surface area contributed by atoms with Crippen molar-refractivity contribution in [3.8, 4) is 0 Å². The molecular formula is C13H27NO2. The maximum Gasteiger partial charge on any atom is 0.0594 e. The Morgan fingerprint density at radius 1 is 1.06 bits per heavy atom. The quantitative estimate of drug-likeness (QED) is 0.583. The van der Waals surface area contributed by atoms with Gasteiger partial charge < -0.3 is 14.8 Å². The van der Waals surface area contributed by atoms with Crippen LogP contribution >= 0.6 is 0 Å². The zero-order chi connectivity index (χ0) is 11.5. The average molecular weight is 229 g/mol. The molecule has 1 fully saturated rings. The molecule has 0 unspecified atom stereocenters. The topological polar surface area (TPSA) is 30.5 Å². The molecule has 0 aromatic carbocycles. The molecule has 0 spiro atoms. The van der Waals surface area contributed by atoms with Gasteiger partial charge in [-0.05, 0) is 19.3 Å². The van der Waals surface area contributed by atoms with E-state index >= 15 is 0 Å². The lowest BCUT2D eigenvalue weighted by Gasteiger charge is -2.11. The van der Waals surface area contributed by atoms with Crippen LogP contribution in [-0.4, -0.2) is 39.0 Å². The minimum Gasteiger partial charge on any atom is -0.380 e. The molecule has 0 radical (unpaired) electrons. The Kier molecular flexibility index (Phi) is 8.77. The van der Waals surface area contributed by atoms with E-state index in [1.165, 1.54) is 38.5 Å². The molecule has 16 heavy (non-hydrogen) atoms. The highest BCUT2D eigenvalue weighted by molar-refractivity contribution is 4.66. The molecule has 0 aromatic rings. The van der Waals surface area contributed by atoms with Crippen LogP contribution in [0.25, 0.3) is 0 Å². The SMILES string of the molecule is CCCCOCCNCCOC1CCCC1. The van der Waals surface area contributed by atoms with Gasteiger partial charge >= 0.3 is 0 Å². The minimum absolute atomic E-state index is 0.544. The Hall–Kier alpha value is -0.120. The van der Waals surface area contributed by atoms with Crippen molar-refractivity contribution in [1.82, 2.24) is 5.32 Å². The fraction of sp³-hybridized carbons (Fsp3) is 1.00. The van der Waals surface area contributed by atoms with Crippen LogP contribution in [0.3, 0.4) is 0 Å². The highest BCUT2D eigenvalue weighted by Gasteiger charge is 2.14. The van der Waals surface area contributed by atoms with Crippen LogP contribution in [0, 0.1) is 0 Å². The van der Waals surface area contributed by atoms with Crippen molar-refractivity contribution in [1.29, 1.82) is 0 Å². The van der Waals surface area contributed by atoms with E-state index in [0.717, 1.165) is 32.9 Å². The summed E-state index contributed by atoms with van der Waals surface area (Å²) >= 11 is 0. The van der Waals surface area contributed by atoms with Crippen molar-refractivity contribution in [2.75, 3.05) is 32.9 Å². The first kappa shape index (κ1) is 13.9. The lowest BCUT2D eigenvalue weighted by Crippen LogP contribution is -2.25. The Morgan fingerprint density at radius 2 is 1.81 bits per heavy atom. The first-order valence-electron chi connectivity index (χ1n) is 6.83. The maximum absolute atomic E-state index is 5.74. The molecule has 1 aliphatic carbocycles. The fourth-order valence-corrected chi connectivity index (χ4v) is 1.97. The van der Waals surface area contributed by atoms with E-state index in [1.807, 2.05) is 0 Å². The second kappa shape index (κ2) is 10.1. The Bertz CT molecular complexity index is 147. The van der Waals surface area contributed by atoms with Crippen molar-refractivity contribution in [3.05, 3.63) is 0 Å². The van der Waals surface area contributed by atoms with Crippen molar-refractivity contribution in [2.45, 2.75) is 51.6 Å². The second-order valence-electron chi connectivity index (χ2n) is 4.49. The van der Waals surface area contributed by atoms with E-state index in [-0.39, 0.29) is 0 Å². The first-order valence-corrected chi connectivity index (χ1v) is 6.83. The molecule has 0 atom stereocenters. The summed E-state index contributed by atoms with van der Waals surface area (Å²) in [5.74, 6) is 0. The molecule has 1 N–H and O–H groups in total. The molecule has 3 nitrogen and oxygen atoms in total. The van der Waals surface area contributed by atoms with Gasteiger partial charge in [0.15, 0.2) is 0 Å². The predicted molar refractivity (Wildman–Crippen MR) is 66.8 cm³/mol. The second-order valence-corrected chi connectivity index (χ2v) is 4.49. The van der Waals surface area contributed by atoms with E-state index < -0.39 is 0 Å². The molecule has 96 valence electrons. The Morgan fingerprint density at radius 3 is 2.56 bits per heavy atom. The van der Waals surface area contributed by atoms with E-state index in [4.69, 9.17) is 9.47 Å². The average Bonchev–Trinajstić information content (AvgIpc) is 2.80. The van der Waals surface area contributed by atoms with Crippen molar-refractivity contribution >= 4 is 0 Å². The van der Waals surface area contributed by atoms with Crippen LogP contribution in [0.5, 0.6) is 0 Å². The highest BCUT2D eigenvalue weighted by atomic mass is 16.5. The summed E-state index contributed by atoms with van der Waals surface area (Å²) in [5.41, 5.74) is 0. The number of hydrogen-bond donors (Lipinski definition) is 1. The van der Waals surface area contributed by atoms with Gasteiger partial charge in [0.2, 0.25) is 0 Å². The molecule has 0 amide bonds. The molecule has 0 heterocycles. The smallest absolute Gasteiger partial charge is 0.0594 e. The molecule has 0 aromatic heterocycles. The summed E-state index contributed by atoms with van der Waals surface area (Å²) in [5, 5.41) is 3.34. The normalized spacial score (nSPS) is 17.1. The zero-order valence-electron chi connectivity index (χ0n) is 10.7. The minimum atomic E-state index is 0.544. The van der Waals surface area contributed by atoms with Crippen LogP contribution in [0.1, 0.15) is 45.4 Å². The van der Waals surface area contributed by atoms with Crippen LogP contribution in [0.15, 0.2) is 0 Å². The summed E-state index contributed by atoms with van der Waals surface area (Å²) in [6, 6.07) is 0. The van der Waals surface area contributed by atoms with E-state index in [1.54, 1.807) is 0 Å². The summed E-state index contributed by atoms with van der Waals surface area (Å²) in [4.78, 5) is 0. The van der Waals surface area contributed by atoms with Crippen LogP contribution in [0.4, 0.5) is 0 Å². The predicted octanol–water partition coefficient (Wildman–Crippen LogP) is 2.35. The van der Waals surface area contributed by atoms with Crippen LogP contribution in [-0.2, 0) is 9.47 Å². The lowest BCUT2D eigenvalue weighted by atomic mass is 10.3. The van der Waals surface area contributed by atoms with Gasteiger partial charge in [-0.2, -0.15) is 0 Å². The first-order chi connectivity index (χ1) is 7.93. The third-order valence-electron chi connectivity index (χ3n) is 3.00. The fourth-order valence-electron chi connectivity index (χ4n) is 1.97. The Labute approximate surface area is 99.9 Å². The number of hydrogen-bond acceptors (Lipinski definition) is 3. The molecular weight excluding hydrogens is 202 g/mol. The van der Waals surface area contributed by atoms with Gasteiger partial charge in [-0.1, -0.05) is 26.2 Å². The molecule has 0 saturated heterocycles. The molecule has 1 rings (SSSR count). The summed E-state index contributed by atoms with van der Waals surface area (Å²) < 4.78 is 11.2. The largest absolute Gasteiger partial charge is 0.380 e. The van der Waals surface area contributed by atoms with Gasteiger partial charge in [-0.25, -0.2) is 0 Å². The number of ether oxygens (including phenoxy) is 2. The van der Waals surface area contributed by atoms with Gasteiger partial charge in [-0.3, -0.25) is 0 Å². The van der Waals surface area contributed by atoms with Gasteiger partial charge in [0.05, 0.1) is 19.3 Å². The maximum atomic E-state index is 5.74. The number of rotatable bonds is 10. The zero-order valence-corrected chi connectivity index (χ0v) is 10.7. The third-order valence-corrected chi connectivity index (χ3v) is 3.00. The molecule has 0 bridgehead atoms. The summed E-state index contributed by atoms with van der Waals surface area (Å²) in [7, 11) is 0. The Balaban J connectivity index is 1.71. The van der Waals surface area contributed by atoms with E-state index in [9.17, 15) is 0 Å². The van der Waals surface area contributed by atoms with Crippen molar-refractivity contribution < 1.29 is 9.47 Å². The summed E-state index contributed by atoms with van der Waals surface area (Å²) in [6.45, 7) is 6.65.